The average molecular weight is 424 g/mol. The lowest BCUT2D eigenvalue weighted by atomic mass is 9.97. The zero-order valence-electron chi connectivity index (χ0n) is 17.7. The standard InChI is InChI=1S/C21H24N6O4/c1-13(15-7-5-6-10-22-15)24-16-9-8-14(11-17(16)27(29)30)19(28)23-12-18-25-20(31-26-18)21(2,3)4/h5-11,13,24H,12H2,1-4H3,(H,23,28). The number of aromatic nitrogens is 3. The van der Waals surface area contributed by atoms with E-state index in [9.17, 15) is 14.9 Å². The molecule has 1 amide bonds. The molecule has 0 saturated heterocycles. The molecule has 3 rings (SSSR count). The second kappa shape index (κ2) is 8.90. The summed E-state index contributed by atoms with van der Waals surface area (Å²) in [6.45, 7) is 7.71. The highest BCUT2D eigenvalue weighted by atomic mass is 16.6. The SMILES string of the molecule is CC(Nc1ccc(C(=O)NCc2noc(C(C)(C)C)n2)cc1[N+](=O)[O-])c1ccccn1. The Morgan fingerprint density at radius 2 is 2.03 bits per heavy atom. The maximum absolute atomic E-state index is 12.5. The van der Waals surface area contributed by atoms with Crippen LogP contribution in [-0.4, -0.2) is 26.0 Å². The highest BCUT2D eigenvalue weighted by Crippen LogP contribution is 2.29. The number of nitro benzene ring substituents is 1. The van der Waals surface area contributed by atoms with Crippen LogP contribution in [0.25, 0.3) is 0 Å². The van der Waals surface area contributed by atoms with Gasteiger partial charge in [0.2, 0.25) is 5.89 Å². The van der Waals surface area contributed by atoms with Crippen molar-refractivity contribution in [3.8, 4) is 0 Å². The molecule has 0 spiro atoms. The second-order valence-corrected chi connectivity index (χ2v) is 8.06. The van der Waals surface area contributed by atoms with Crippen molar-refractivity contribution in [1.29, 1.82) is 0 Å². The van der Waals surface area contributed by atoms with Gasteiger partial charge >= 0.3 is 0 Å². The van der Waals surface area contributed by atoms with Gasteiger partial charge in [-0.25, -0.2) is 0 Å². The summed E-state index contributed by atoms with van der Waals surface area (Å²) in [6, 6.07) is 9.48. The Labute approximate surface area is 179 Å². The van der Waals surface area contributed by atoms with Crippen LogP contribution < -0.4 is 10.6 Å². The van der Waals surface area contributed by atoms with Gasteiger partial charge in [0.1, 0.15) is 5.69 Å². The van der Waals surface area contributed by atoms with E-state index in [-0.39, 0.29) is 29.3 Å². The maximum Gasteiger partial charge on any atom is 0.293 e. The van der Waals surface area contributed by atoms with Gasteiger partial charge in [-0.2, -0.15) is 4.98 Å². The first-order chi connectivity index (χ1) is 14.6. The molecular weight excluding hydrogens is 400 g/mol. The van der Waals surface area contributed by atoms with Gasteiger partial charge in [-0.05, 0) is 31.2 Å². The Morgan fingerprint density at radius 3 is 2.65 bits per heavy atom. The van der Waals surface area contributed by atoms with Gasteiger partial charge in [0.25, 0.3) is 11.6 Å². The van der Waals surface area contributed by atoms with Crippen LogP contribution in [0.2, 0.25) is 0 Å². The Balaban J connectivity index is 1.71. The highest BCUT2D eigenvalue weighted by Gasteiger charge is 2.23. The molecule has 3 aromatic rings. The van der Waals surface area contributed by atoms with Crippen molar-refractivity contribution >= 4 is 17.3 Å². The molecule has 1 aromatic carbocycles. The Hall–Kier alpha value is -3.82. The summed E-state index contributed by atoms with van der Waals surface area (Å²) in [7, 11) is 0. The molecule has 1 atom stereocenters. The molecule has 0 aliphatic heterocycles. The summed E-state index contributed by atoms with van der Waals surface area (Å²) in [5, 5.41) is 21.2. The fourth-order valence-electron chi connectivity index (χ4n) is 2.78. The summed E-state index contributed by atoms with van der Waals surface area (Å²) in [5.74, 6) is 0.314. The van der Waals surface area contributed by atoms with E-state index in [1.54, 1.807) is 12.3 Å². The first-order valence-electron chi connectivity index (χ1n) is 9.72. The van der Waals surface area contributed by atoms with E-state index >= 15 is 0 Å². The number of nitrogens with one attached hydrogen (secondary N) is 2. The van der Waals surface area contributed by atoms with Gasteiger partial charge in [-0.1, -0.05) is 32.0 Å². The van der Waals surface area contributed by atoms with Gasteiger partial charge in [-0.15, -0.1) is 0 Å². The van der Waals surface area contributed by atoms with Gasteiger partial charge in [0, 0.05) is 23.2 Å². The molecule has 2 aromatic heterocycles. The number of nitro groups is 1. The molecular formula is C21H24N6O4. The summed E-state index contributed by atoms with van der Waals surface area (Å²) in [5.41, 5.74) is 0.693. The number of carbonyl (C=O) groups is 1. The van der Waals surface area contributed by atoms with Crippen molar-refractivity contribution in [1.82, 2.24) is 20.4 Å². The predicted octanol–water partition coefficient (Wildman–Crippen LogP) is 3.77. The molecule has 0 radical (unpaired) electrons. The number of amides is 1. The van der Waals surface area contributed by atoms with E-state index in [0.717, 1.165) is 5.69 Å². The van der Waals surface area contributed by atoms with Crippen LogP contribution in [-0.2, 0) is 12.0 Å². The van der Waals surface area contributed by atoms with E-state index in [2.05, 4.69) is 25.8 Å². The number of nitrogens with zero attached hydrogens (tertiary/aromatic N) is 4. The van der Waals surface area contributed by atoms with Crippen LogP contribution in [0.3, 0.4) is 0 Å². The fourth-order valence-corrected chi connectivity index (χ4v) is 2.78. The van der Waals surface area contributed by atoms with Crippen LogP contribution >= 0.6 is 0 Å². The fraction of sp³-hybridized carbons (Fsp3) is 0.333. The minimum atomic E-state index is -0.529. The quantitative estimate of drug-likeness (QED) is 0.432. The maximum atomic E-state index is 12.5. The van der Waals surface area contributed by atoms with Gasteiger partial charge in [0.05, 0.1) is 23.2 Å². The zero-order chi connectivity index (χ0) is 22.6. The lowest BCUT2D eigenvalue weighted by molar-refractivity contribution is -0.384. The number of benzene rings is 1. The van der Waals surface area contributed by atoms with Crippen LogP contribution in [0.1, 0.15) is 61.5 Å². The van der Waals surface area contributed by atoms with E-state index in [0.29, 0.717) is 17.4 Å². The third kappa shape index (κ3) is 5.41. The molecule has 31 heavy (non-hydrogen) atoms. The lowest BCUT2D eigenvalue weighted by Crippen LogP contribution is -2.23. The number of hydrogen-bond donors (Lipinski definition) is 2. The van der Waals surface area contributed by atoms with Crippen molar-refractivity contribution in [2.45, 2.75) is 45.7 Å². The molecule has 10 heteroatoms. The van der Waals surface area contributed by atoms with Crippen LogP contribution in [0.15, 0.2) is 47.1 Å². The summed E-state index contributed by atoms with van der Waals surface area (Å²) in [4.78, 5) is 32.0. The highest BCUT2D eigenvalue weighted by molar-refractivity contribution is 5.95. The van der Waals surface area contributed by atoms with Crippen molar-refractivity contribution in [2.75, 3.05) is 5.32 Å². The zero-order valence-corrected chi connectivity index (χ0v) is 17.7. The predicted molar refractivity (Wildman–Crippen MR) is 114 cm³/mol. The first-order valence-corrected chi connectivity index (χ1v) is 9.72. The van der Waals surface area contributed by atoms with Crippen LogP contribution in [0.5, 0.6) is 0 Å². The van der Waals surface area contributed by atoms with E-state index in [1.807, 2.05) is 39.8 Å². The largest absolute Gasteiger partial charge is 0.371 e. The summed E-state index contributed by atoms with van der Waals surface area (Å²) < 4.78 is 5.19. The number of anilines is 1. The molecule has 1 unspecified atom stereocenters. The molecule has 10 nitrogen and oxygen atoms in total. The molecule has 2 N–H and O–H groups in total. The smallest absolute Gasteiger partial charge is 0.293 e. The van der Waals surface area contributed by atoms with E-state index in [4.69, 9.17) is 4.52 Å². The normalized spacial score (nSPS) is 12.3. The second-order valence-electron chi connectivity index (χ2n) is 8.06. The van der Waals surface area contributed by atoms with Crippen molar-refractivity contribution < 1.29 is 14.2 Å². The average Bonchev–Trinajstić information content (AvgIpc) is 3.22. The lowest BCUT2D eigenvalue weighted by Gasteiger charge is -2.15. The van der Waals surface area contributed by atoms with Gasteiger partial charge < -0.3 is 15.2 Å². The molecule has 0 bridgehead atoms. The molecule has 0 saturated carbocycles. The first kappa shape index (κ1) is 21.9. The number of rotatable bonds is 7. The summed E-state index contributed by atoms with van der Waals surface area (Å²) >= 11 is 0. The van der Waals surface area contributed by atoms with Crippen LogP contribution in [0, 0.1) is 10.1 Å². The molecule has 162 valence electrons. The number of pyridine rings is 1. The van der Waals surface area contributed by atoms with E-state index < -0.39 is 10.8 Å². The molecule has 0 aliphatic rings. The minimum Gasteiger partial charge on any atom is -0.371 e. The molecule has 2 heterocycles. The molecule has 0 aliphatic carbocycles. The molecule has 0 fully saturated rings. The monoisotopic (exact) mass is 424 g/mol. The van der Waals surface area contributed by atoms with E-state index in [1.165, 1.54) is 18.2 Å². The van der Waals surface area contributed by atoms with Crippen molar-refractivity contribution in [2.24, 2.45) is 0 Å². The van der Waals surface area contributed by atoms with Crippen LogP contribution in [0.4, 0.5) is 11.4 Å². The Kier molecular flexibility index (Phi) is 6.28. The summed E-state index contributed by atoms with van der Waals surface area (Å²) in [6.07, 6.45) is 1.66. The van der Waals surface area contributed by atoms with Gasteiger partial charge in [-0.3, -0.25) is 19.9 Å². The van der Waals surface area contributed by atoms with Crippen molar-refractivity contribution in [3.05, 3.63) is 75.7 Å². The Bertz CT molecular complexity index is 1070. The van der Waals surface area contributed by atoms with Gasteiger partial charge in [0.15, 0.2) is 5.82 Å². The third-order valence-electron chi connectivity index (χ3n) is 4.48. The minimum absolute atomic E-state index is 0.0446. The van der Waals surface area contributed by atoms with Crippen molar-refractivity contribution in [3.63, 3.8) is 0 Å². The number of hydrogen-bond acceptors (Lipinski definition) is 8. The Morgan fingerprint density at radius 1 is 1.26 bits per heavy atom. The number of carbonyl (C=O) groups excluding carboxylic acids is 1. The topological polar surface area (TPSA) is 136 Å². The third-order valence-corrected chi connectivity index (χ3v) is 4.48.